The van der Waals surface area contributed by atoms with Gasteiger partial charge in [-0.2, -0.15) is 0 Å². The normalized spacial score (nSPS) is 15.4. The lowest BCUT2D eigenvalue weighted by atomic mass is 10.2. The summed E-state index contributed by atoms with van der Waals surface area (Å²) in [5, 5.41) is 2.73. The number of ether oxygens (including phenoxy) is 1. The molecule has 1 saturated heterocycles. The first-order valence-corrected chi connectivity index (χ1v) is 7.88. The van der Waals surface area contributed by atoms with Gasteiger partial charge in [-0.15, -0.1) is 0 Å². The van der Waals surface area contributed by atoms with Crippen LogP contribution in [0.5, 0.6) is 0 Å². The standard InChI is InChI=1S/C17H22N2O4/c1-3-12(2)18-15(20)11-23-17(22)13-6-4-7-14(10-13)19-9-5-8-16(19)21/h4,6-7,10,12H,3,5,8-9,11H2,1-2H3,(H,18,20)/t12-/m1/s1. The summed E-state index contributed by atoms with van der Waals surface area (Å²) in [6.07, 6.45) is 2.17. The lowest BCUT2D eigenvalue weighted by Gasteiger charge is -2.16. The Morgan fingerprint density at radius 1 is 1.39 bits per heavy atom. The number of anilines is 1. The van der Waals surface area contributed by atoms with Crippen LogP contribution in [0.1, 0.15) is 43.5 Å². The summed E-state index contributed by atoms with van der Waals surface area (Å²) in [5.41, 5.74) is 1.02. The van der Waals surface area contributed by atoms with Crippen LogP contribution in [-0.4, -0.2) is 37.0 Å². The fraction of sp³-hybridized carbons (Fsp3) is 0.471. The van der Waals surface area contributed by atoms with E-state index in [0.717, 1.165) is 12.8 Å². The third-order valence-electron chi connectivity index (χ3n) is 3.82. The summed E-state index contributed by atoms with van der Waals surface area (Å²) in [7, 11) is 0. The van der Waals surface area contributed by atoms with Crippen molar-refractivity contribution in [2.24, 2.45) is 0 Å². The number of hydrogen-bond donors (Lipinski definition) is 1. The molecule has 1 atom stereocenters. The Morgan fingerprint density at radius 3 is 2.83 bits per heavy atom. The van der Waals surface area contributed by atoms with Crippen molar-refractivity contribution in [2.75, 3.05) is 18.1 Å². The van der Waals surface area contributed by atoms with Crippen LogP contribution in [0.4, 0.5) is 5.69 Å². The fourth-order valence-electron chi connectivity index (χ4n) is 2.35. The van der Waals surface area contributed by atoms with E-state index in [2.05, 4.69) is 5.32 Å². The van der Waals surface area contributed by atoms with E-state index in [1.807, 2.05) is 13.8 Å². The lowest BCUT2D eigenvalue weighted by molar-refractivity contribution is -0.124. The van der Waals surface area contributed by atoms with Crippen LogP contribution in [0.3, 0.4) is 0 Å². The van der Waals surface area contributed by atoms with Crippen LogP contribution in [-0.2, 0) is 14.3 Å². The van der Waals surface area contributed by atoms with E-state index < -0.39 is 5.97 Å². The number of rotatable bonds is 6. The maximum absolute atomic E-state index is 12.0. The SMILES string of the molecule is CC[C@@H](C)NC(=O)COC(=O)c1cccc(N2CCCC2=O)c1. The van der Waals surface area contributed by atoms with Gasteiger partial charge in [0.05, 0.1) is 5.56 Å². The number of amides is 2. The molecule has 23 heavy (non-hydrogen) atoms. The average Bonchev–Trinajstić information content (AvgIpc) is 2.98. The van der Waals surface area contributed by atoms with E-state index >= 15 is 0 Å². The molecule has 1 N–H and O–H groups in total. The van der Waals surface area contributed by atoms with Crippen LogP contribution < -0.4 is 10.2 Å². The molecule has 0 aromatic heterocycles. The maximum Gasteiger partial charge on any atom is 0.338 e. The van der Waals surface area contributed by atoms with E-state index in [0.29, 0.717) is 24.2 Å². The van der Waals surface area contributed by atoms with Crippen molar-refractivity contribution >= 4 is 23.5 Å². The first-order chi connectivity index (χ1) is 11.0. The van der Waals surface area contributed by atoms with E-state index in [4.69, 9.17) is 4.74 Å². The highest BCUT2D eigenvalue weighted by Crippen LogP contribution is 2.22. The zero-order valence-electron chi connectivity index (χ0n) is 13.5. The zero-order valence-corrected chi connectivity index (χ0v) is 13.5. The number of carbonyl (C=O) groups excluding carboxylic acids is 3. The molecule has 0 spiro atoms. The Bertz CT molecular complexity index is 600. The second-order valence-corrected chi connectivity index (χ2v) is 5.65. The molecule has 1 heterocycles. The van der Waals surface area contributed by atoms with Gasteiger partial charge in [-0.3, -0.25) is 9.59 Å². The number of esters is 1. The number of hydrogen-bond acceptors (Lipinski definition) is 4. The van der Waals surface area contributed by atoms with Crippen molar-refractivity contribution in [1.82, 2.24) is 5.32 Å². The van der Waals surface area contributed by atoms with Crippen molar-refractivity contribution in [3.63, 3.8) is 0 Å². The van der Waals surface area contributed by atoms with E-state index in [1.165, 1.54) is 0 Å². The maximum atomic E-state index is 12.0. The van der Waals surface area contributed by atoms with Crippen LogP contribution in [0.15, 0.2) is 24.3 Å². The van der Waals surface area contributed by atoms with Gasteiger partial charge < -0.3 is 15.0 Å². The van der Waals surface area contributed by atoms with Gasteiger partial charge in [-0.25, -0.2) is 4.79 Å². The largest absolute Gasteiger partial charge is 0.452 e. The van der Waals surface area contributed by atoms with Crippen LogP contribution in [0, 0.1) is 0 Å². The predicted octanol–water partition coefficient (Wildman–Crippen LogP) is 1.88. The summed E-state index contributed by atoms with van der Waals surface area (Å²) in [5.74, 6) is -0.833. The number of carbonyl (C=O) groups is 3. The highest BCUT2D eigenvalue weighted by Gasteiger charge is 2.22. The van der Waals surface area contributed by atoms with E-state index in [9.17, 15) is 14.4 Å². The Hall–Kier alpha value is -2.37. The molecule has 0 unspecified atom stereocenters. The predicted molar refractivity (Wildman–Crippen MR) is 86.2 cm³/mol. The molecule has 2 rings (SSSR count). The summed E-state index contributed by atoms with van der Waals surface area (Å²) in [4.78, 5) is 37.1. The second kappa shape index (κ2) is 7.76. The molecule has 1 fully saturated rings. The molecule has 1 aliphatic rings. The smallest absolute Gasteiger partial charge is 0.338 e. The summed E-state index contributed by atoms with van der Waals surface area (Å²) in [6.45, 7) is 4.20. The van der Waals surface area contributed by atoms with Crippen LogP contribution in [0.2, 0.25) is 0 Å². The average molecular weight is 318 g/mol. The Morgan fingerprint density at radius 2 is 2.17 bits per heavy atom. The van der Waals surface area contributed by atoms with E-state index in [1.54, 1.807) is 29.2 Å². The quantitative estimate of drug-likeness (QED) is 0.813. The minimum Gasteiger partial charge on any atom is -0.452 e. The molecule has 0 aliphatic carbocycles. The molecule has 2 amide bonds. The van der Waals surface area contributed by atoms with E-state index in [-0.39, 0.29) is 24.5 Å². The van der Waals surface area contributed by atoms with Gasteiger partial charge in [0.15, 0.2) is 6.61 Å². The van der Waals surface area contributed by atoms with Gasteiger partial charge in [0.25, 0.3) is 5.91 Å². The fourth-order valence-corrected chi connectivity index (χ4v) is 2.35. The molecule has 0 bridgehead atoms. The first kappa shape index (κ1) is 17.0. The second-order valence-electron chi connectivity index (χ2n) is 5.65. The summed E-state index contributed by atoms with van der Waals surface area (Å²) >= 11 is 0. The summed E-state index contributed by atoms with van der Waals surface area (Å²) < 4.78 is 5.03. The molecule has 6 nitrogen and oxygen atoms in total. The topological polar surface area (TPSA) is 75.7 Å². The molecule has 1 aromatic rings. The van der Waals surface area contributed by atoms with Gasteiger partial charge in [0.2, 0.25) is 5.91 Å². The van der Waals surface area contributed by atoms with Crippen molar-refractivity contribution in [3.05, 3.63) is 29.8 Å². The monoisotopic (exact) mass is 318 g/mol. The van der Waals surface area contributed by atoms with Crippen LogP contribution >= 0.6 is 0 Å². The minimum absolute atomic E-state index is 0.0470. The Balaban J connectivity index is 1.95. The molecule has 124 valence electrons. The molecule has 1 aromatic carbocycles. The molecular weight excluding hydrogens is 296 g/mol. The molecule has 0 saturated carbocycles. The highest BCUT2D eigenvalue weighted by atomic mass is 16.5. The van der Waals surface area contributed by atoms with Gasteiger partial charge in [-0.05, 0) is 38.0 Å². The molecular formula is C17H22N2O4. The molecule has 6 heteroatoms. The Kier molecular flexibility index (Phi) is 5.73. The Labute approximate surface area is 135 Å². The van der Waals surface area contributed by atoms with Gasteiger partial charge in [0, 0.05) is 24.7 Å². The van der Waals surface area contributed by atoms with Crippen molar-refractivity contribution in [2.45, 2.75) is 39.2 Å². The number of nitrogens with zero attached hydrogens (tertiary/aromatic N) is 1. The minimum atomic E-state index is -0.571. The number of nitrogens with one attached hydrogen (secondary N) is 1. The first-order valence-electron chi connectivity index (χ1n) is 7.88. The van der Waals surface area contributed by atoms with Gasteiger partial charge >= 0.3 is 5.97 Å². The zero-order chi connectivity index (χ0) is 16.8. The van der Waals surface area contributed by atoms with Gasteiger partial charge in [-0.1, -0.05) is 13.0 Å². The third-order valence-corrected chi connectivity index (χ3v) is 3.82. The number of benzene rings is 1. The van der Waals surface area contributed by atoms with Gasteiger partial charge in [0.1, 0.15) is 0 Å². The highest BCUT2D eigenvalue weighted by molar-refractivity contribution is 5.97. The molecule has 0 radical (unpaired) electrons. The third kappa shape index (κ3) is 4.55. The van der Waals surface area contributed by atoms with Crippen molar-refractivity contribution in [3.8, 4) is 0 Å². The van der Waals surface area contributed by atoms with Crippen molar-refractivity contribution < 1.29 is 19.1 Å². The molecule has 1 aliphatic heterocycles. The lowest BCUT2D eigenvalue weighted by Crippen LogP contribution is -2.35. The van der Waals surface area contributed by atoms with Crippen molar-refractivity contribution in [1.29, 1.82) is 0 Å². The summed E-state index contributed by atoms with van der Waals surface area (Å²) in [6, 6.07) is 6.77. The van der Waals surface area contributed by atoms with Crippen LogP contribution in [0.25, 0.3) is 0 Å².